The molecule has 6 rings (SSSR count). The SMILES string of the molecule is C=C(Nc1ccc(C)c(Nc2nccc(-c3cccnc3)n2)c1)c1ccc2c(c1)CCCC2N1CCNCC1. The number of benzene rings is 2. The second kappa shape index (κ2) is 11.4. The molecule has 0 spiro atoms. The van der Waals surface area contributed by atoms with Gasteiger partial charge in [-0.15, -0.1) is 0 Å². The normalized spacial score (nSPS) is 17.3. The van der Waals surface area contributed by atoms with Crippen molar-refractivity contribution in [2.45, 2.75) is 32.2 Å². The lowest BCUT2D eigenvalue weighted by atomic mass is 9.85. The zero-order chi connectivity index (χ0) is 26.6. The van der Waals surface area contributed by atoms with Gasteiger partial charge in [0.15, 0.2) is 0 Å². The Morgan fingerprint density at radius 2 is 1.95 bits per heavy atom. The van der Waals surface area contributed by atoms with Gasteiger partial charge in [0, 0.05) is 73.4 Å². The van der Waals surface area contributed by atoms with Gasteiger partial charge in [-0.1, -0.05) is 24.8 Å². The molecule has 0 amide bonds. The van der Waals surface area contributed by atoms with E-state index in [0.717, 1.165) is 72.1 Å². The first kappa shape index (κ1) is 25.2. The highest BCUT2D eigenvalue weighted by Gasteiger charge is 2.27. The van der Waals surface area contributed by atoms with E-state index in [1.165, 1.54) is 24.0 Å². The topological polar surface area (TPSA) is 78.0 Å². The average Bonchev–Trinajstić information content (AvgIpc) is 2.99. The number of aryl methyl sites for hydroxylation is 2. The zero-order valence-corrected chi connectivity index (χ0v) is 22.5. The lowest BCUT2D eigenvalue weighted by Gasteiger charge is -2.38. The molecule has 7 heteroatoms. The van der Waals surface area contributed by atoms with E-state index >= 15 is 0 Å². The molecule has 1 aliphatic carbocycles. The van der Waals surface area contributed by atoms with Crippen molar-refractivity contribution in [1.82, 2.24) is 25.2 Å². The van der Waals surface area contributed by atoms with Crippen molar-refractivity contribution >= 4 is 23.0 Å². The molecule has 1 unspecified atom stereocenters. The second-order valence-electron chi connectivity index (χ2n) is 10.4. The number of pyridine rings is 1. The number of anilines is 3. The molecule has 2 aromatic heterocycles. The van der Waals surface area contributed by atoms with E-state index in [0.29, 0.717) is 12.0 Å². The predicted molar refractivity (Wildman–Crippen MR) is 159 cm³/mol. The summed E-state index contributed by atoms with van der Waals surface area (Å²) in [4.78, 5) is 16.0. The van der Waals surface area contributed by atoms with Crippen molar-refractivity contribution in [3.63, 3.8) is 0 Å². The molecule has 1 atom stereocenters. The third kappa shape index (κ3) is 5.70. The van der Waals surface area contributed by atoms with E-state index in [4.69, 9.17) is 4.98 Å². The summed E-state index contributed by atoms with van der Waals surface area (Å²) in [6.45, 7) is 10.9. The molecule has 1 saturated heterocycles. The standard InChI is InChI=1S/C32H35N7/c1-22-8-10-27(20-30(22)38-32-35-14-12-29(37-32)26-6-4-13-34-21-26)36-23(2)24-9-11-28-25(19-24)5-3-7-31(28)39-17-15-33-16-18-39/h4,6,8-14,19-21,31,33,36H,2-3,5,7,15-18H2,1H3,(H,35,37,38). The lowest BCUT2D eigenvalue weighted by molar-refractivity contribution is 0.158. The molecule has 3 heterocycles. The van der Waals surface area contributed by atoms with Crippen LogP contribution in [0.15, 0.2) is 79.8 Å². The van der Waals surface area contributed by atoms with Crippen molar-refractivity contribution in [2.75, 3.05) is 36.8 Å². The van der Waals surface area contributed by atoms with E-state index in [1.54, 1.807) is 18.6 Å². The van der Waals surface area contributed by atoms with Gasteiger partial charge in [0.25, 0.3) is 0 Å². The molecule has 0 saturated carbocycles. The number of hydrogen-bond donors (Lipinski definition) is 3. The average molecular weight is 518 g/mol. The third-order valence-corrected chi connectivity index (χ3v) is 7.76. The number of nitrogens with zero attached hydrogens (tertiary/aromatic N) is 4. The minimum Gasteiger partial charge on any atom is -0.355 e. The fraction of sp³-hybridized carbons (Fsp3) is 0.281. The molecule has 39 heavy (non-hydrogen) atoms. The van der Waals surface area contributed by atoms with E-state index in [-0.39, 0.29) is 0 Å². The zero-order valence-electron chi connectivity index (χ0n) is 22.5. The Kier molecular flexibility index (Phi) is 7.34. The van der Waals surface area contributed by atoms with Crippen molar-refractivity contribution in [1.29, 1.82) is 0 Å². The number of aromatic nitrogens is 3. The number of hydrogen-bond acceptors (Lipinski definition) is 7. The summed E-state index contributed by atoms with van der Waals surface area (Å²) in [5.74, 6) is 0.546. The number of rotatable bonds is 7. The Morgan fingerprint density at radius 1 is 1.05 bits per heavy atom. The van der Waals surface area contributed by atoms with Crippen LogP contribution in [0.5, 0.6) is 0 Å². The molecule has 2 aliphatic rings. The Bertz CT molecular complexity index is 1460. The van der Waals surface area contributed by atoms with Crippen LogP contribution in [0.4, 0.5) is 17.3 Å². The Morgan fingerprint density at radius 3 is 2.79 bits per heavy atom. The van der Waals surface area contributed by atoms with Crippen LogP contribution >= 0.6 is 0 Å². The monoisotopic (exact) mass is 517 g/mol. The van der Waals surface area contributed by atoms with E-state index in [2.05, 4.69) is 80.7 Å². The van der Waals surface area contributed by atoms with Gasteiger partial charge in [-0.3, -0.25) is 9.88 Å². The Balaban J connectivity index is 1.17. The summed E-state index contributed by atoms with van der Waals surface area (Å²) < 4.78 is 0. The van der Waals surface area contributed by atoms with Crippen LogP contribution in [0.2, 0.25) is 0 Å². The molecule has 198 valence electrons. The second-order valence-corrected chi connectivity index (χ2v) is 10.4. The molecule has 0 radical (unpaired) electrons. The fourth-order valence-corrected chi connectivity index (χ4v) is 5.64. The fourth-order valence-electron chi connectivity index (χ4n) is 5.64. The molecule has 3 N–H and O–H groups in total. The largest absolute Gasteiger partial charge is 0.355 e. The highest BCUT2D eigenvalue weighted by Crippen LogP contribution is 2.36. The van der Waals surface area contributed by atoms with Crippen molar-refractivity contribution in [2.24, 2.45) is 0 Å². The first-order valence-corrected chi connectivity index (χ1v) is 13.8. The van der Waals surface area contributed by atoms with Crippen LogP contribution in [0, 0.1) is 6.92 Å². The van der Waals surface area contributed by atoms with Crippen LogP contribution in [0.1, 0.15) is 41.1 Å². The molecule has 4 aromatic rings. The number of fused-ring (bicyclic) bond motifs is 1. The van der Waals surface area contributed by atoms with Crippen molar-refractivity contribution < 1.29 is 0 Å². The van der Waals surface area contributed by atoms with Gasteiger partial charge in [0.2, 0.25) is 5.95 Å². The number of nitrogens with one attached hydrogen (secondary N) is 3. The van der Waals surface area contributed by atoms with E-state index in [9.17, 15) is 0 Å². The first-order chi connectivity index (χ1) is 19.1. The molecule has 2 aromatic carbocycles. The maximum absolute atomic E-state index is 4.69. The molecule has 7 nitrogen and oxygen atoms in total. The van der Waals surface area contributed by atoms with Gasteiger partial charge < -0.3 is 16.0 Å². The smallest absolute Gasteiger partial charge is 0.227 e. The van der Waals surface area contributed by atoms with Gasteiger partial charge in [0.05, 0.1) is 5.69 Å². The summed E-state index contributed by atoms with van der Waals surface area (Å²) in [5.41, 5.74) is 9.78. The van der Waals surface area contributed by atoms with Gasteiger partial charge in [-0.05, 0) is 84.8 Å². The molecular weight excluding hydrogens is 482 g/mol. The van der Waals surface area contributed by atoms with Gasteiger partial charge >= 0.3 is 0 Å². The maximum atomic E-state index is 4.69. The predicted octanol–water partition coefficient (Wildman–Crippen LogP) is 5.96. The van der Waals surface area contributed by atoms with Crippen LogP contribution in [0.3, 0.4) is 0 Å². The van der Waals surface area contributed by atoms with Gasteiger partial charge in [-0.2, -0.15) is 0 Å². The summed E-state index contributed by atoms with van der Waals surface area (Å²) in [5, 5.41) is 10.4. The van der Waals surface area contributed by atoms with Gasteiger partial charge in [0.1, 0.15) is 0 Å². The minimum atomic E-state index is 0.538. The Hall–Kier alpha value is -4.07. The molecular formula is C32H35N7. The van der Waals surface area contributed by atoms with Crippen molar-refractivity contribution in [3.05, 3.63) is 102 Å². The quantitative estimate of drug-likeness (QED) is 0.279. The highest BCUT2D eigenvalue weighted by atomic mass is 15.2. The summed E-state index contributed by atoms with van der Waals surface area (Å²) in [7, 11) is 0. The molecule has 0 bridgehead atoms. The molecule has 1 aliphatic heterocycles. The number of piperazine rings is 1. The summed E-state index contributed by atoms with van der Waals surface area (Å²) >= 11 is 0. The van der Waals surface area contributed by atoms with E-state index < -0.39 is 0 Å². The minimum absolute atomic E-state index is 0.538. The summed E-state index contributed by atoms with van der Waals surface area (Å²) in [6.07, 6.45) is 8.95. The van der Waals surface area contributed by atoms with E-state index in [1.807, 2.05) is 18.2 Å². The third-order valence-electron chi connectivity index (χ3n) is 7.76. The van der Waals surface area contributed by atoms with Gasteiger partial charge in [-0.25, -0.2) is 9.97 Å². The highest BCUT2D eigenvalue weighted by molar-refractivity contribution is 5.78. The first-order valence-electron chi connectivity index (χ1n) is 13.8. The Labute approximate surface area is 230 Å². The van der Waals surface area contributed by atoms with Crippen LogP contribution in [0.25, 0.3) is 17.0 Å². The van der Waals surface area contributed by atoms with Crippen LogP contribution in [-0.4, -0.2) is 46.0 Å². The maximum Gasteiger partial charge on any atom is 0.227 e. The lowest BCUT2D eigenvalue weighted by Crippen LogP contribution is -2.45. The van der Waals surface area contributed by atoms with Crippen LogP contribution < -0.4 is 16.0 Å². The van der Waals surface area contributed by atoms with Crippen molar-refractivity contribution in [3.8, 4) is 11.3 Å². The summed E-state index contributed by atoms with van der Waals surface area (Å²) in [6, 6.07) is 19.5. The molecule has 1 fully saturated rings. The van der Waals surface area contributed by atoms with Crippen LogP contribution in [-0.2, 0) is 6.42 Å².